The van der Waals surface area contributed by atoms with Crippen molar-refractivity contribution in [1.82, 2.24) is 9.47 Å². The van der Waals surface area contributed by atoms with Crippen LogP contribution in [0.1, 0.15) is 54.2 Å². The second kappa shape index (κ2) is 16.0. The summed E-state index contributed by atoms with van der Waals surface area (Å²) in [5.74, 6) is 1.38. The highest BCUT2D eigenvalue weighted by Gasteiger charge is 2.22. The van der Waals surface area contributed by atoms with Crippen LogP contribution in [0.4, 0.5) is 11.4 Å². The Bertz CT molecular complexity index is 1660. The predicted octanol–water partition coefficient (Wildman–Crippen LogP) is 6.01. The molecule has 9 nitrogen and oxygen atoms in total. The Kier molecular flexibility index (Phi) is 11.9. The summed E-state index contributed by atoms with van der Waals surface area (Å²) in [6.45, 7) is 10.9. The van der Waals surface area contributed by atoms with Crippen molar-refractivity contribution in [2.75, 3.05) is 51.0 Å². The second-order valence-electron chi connectivity index (χ2n) is 11.5. The van der Waals surface area contributed by atoms with Crippen LogP contribution in [0.15, 0.2) is 79.5 Å². The number of carbonyl (C=O) groups is 2. The van der Waals surface area contributed by atoms with Crippen molar-refractivity contribution in [2.24, 2.45) is 5.73 Å². The SMILES string of the molecule is C=CCc1cc(N)ccc1OC.CCN(C(C)=O)c1ccc(OC)c(CCN2CCC(n3ccc4ccc(C(N)=O)cc43)CC2)c1. The van der Waals surface area contributed by atoms with E-state index in [9.17, 15) is 9.59 Å². The molecule has 9 heteroatoms. The predicted molar refractivity (Wildman–Crippen MR) is 187 cm³/mol. The number of likely N-dealkylation sites (tertiary alicyclic amines) is 1. The van der Waals surface area contributed by atoms with Crippen molar-refractivity contribution in [3.63, 3.8) is 0 Å². The Morgan fingerprint density at radius 3 is 2.30 bits per heavy atom. The number of benzene rings is 3. The van der Waals surface area contributed by atoms with Gasteiger partial charge in [0.2, 0.25) is 11.8 Å². The molecule has 1 aliphatic heterocycles. The summed E-state index contributed by atoms with van der Waals surface area (Å²) < 4.78 is 13.0. The smallest absolute Gasteiger partial charge is 0.248 e. The minimum absolute atomic E-state index is 0.0428. The third-order valence-electron chi connectivity index (χ3n) is 8.60. The third-order valence-corrected chi connectivity index (χ3v) is 8.60. The van der Waals surface area contributed by atoms with Crippen LogP contribution in [0.3, 0.4) is 0 Å². The fraction of sp³-hybridized carbons (Fsp3) is 0.351. The van der Waals surface area contributed by atoms with E-state index in [4.69, 9.17) is 20.9 Å². The third kappa shape index (κ3) is 8.28. The van der Waals surface area contributed by atoms with Crippen LogP contribution in [-0.2, 0) is 17.6 Å². The molecule has 0 radical (unpaired) electrons. The molecule has 3 aromatic carbocycles. The largest absolute Gasteiger partial charge is 0.496 e. The Balaban J connectivity index is 0.000000337. The van der Waals surface area contributed by atoms with Gasteiger partial charge in [-0.2, -0.15) is 0 Å². The number of nitrogen functional groups attached to an aromatic ring is 1. The minimum atomic E-state index is -0.394. The normalized spacial score (nSPS) is 13.5. The summed E-state index contributed by atoms with van der Waals surface area (Å²) in [5.41, 5.74) is 16.6. The van der Waals surface area contributed by atoms with Gasteiger partial charge >= 0.3 is 0 Å². The number of carbonyl (C=O) groups excluding carboxylic acids is 2. The van der Waals surface area contributed by atoms with Gasteiger partial charge in [-0.25, -0.2) is 0 Å². The average Bonchev–Trinajstić information content (AvgIpc) is 3.48. The number of aromatic nitrogens is 1. The number of methoxy groups -OCH3 is 2. The molecule has 2 amide bonds. The highest BCUT2D eigenvalue weighted by atomic mass is 16.5. The van der Waals surface area contributed by atoms with E-state index < -0.39 is 5.91 Å². The van der Waals surface area contributed by atoms with Crippen molar-refractivity contribution in [3.8, 4) is 11.5 Å². The van der Waals surface area contributed by atoms with E-state index in [2.05, 4.69) is 34.4 Å². The molecule has 5 rings (SSSR count). The monoisotopic (exact) mass is 625 g/mol. The number of fused-ring (bicyclic) bond motifs is 1. The highest BCUT2D eigenvalue weighted by molar-refractivity contribution is 5.97. The van der Waals surface area contributed by atoms with Gasteiger partial charge in [-0.1, -0.05) is 12.1 Å². The lowest BCUT2D eigenvalue weighted by molar-refractivity contribution is -0.116. The topological polar surface area (TPSA) is 116 Å². The van der Waals surface area contributed by atoms with E-state index >= 15 is 0 Å². The van der Waals surface area contributed by atoms with Gasteiger partial charge in [0.1, 0.15) is 11.5 Å². The summed E-state index contributed by atoms with van der Waals surface area (Å²) in [5, 5.41) is 1.13. The number of hydrogen-bond donors (Lipinski definition) is 2. The van der Waals surface area contributed by atoms with Gasteiger partial charge in [0.25, 0.3) is 0 Å². The van der Waals surface area contributed by atoms with Gasteiger partial charge in [-0.15, -0.1) is 6.58 Å². The number of anilines is 2. The van der Waals surface area contributed by atoms with E-state index in [1.165, 1.54) is 0 Å². The molecule has 4 N–H and O–H groups in total. The summed E-state index contributed by atoms with van der Waals surface area (Å²) in [6.07, 6.45) is 7.71. The van der Waals surface area contributed by atoms with Crippen LogP contribution in [0.2, 0.25) is 0 Å². The molecule has 1 aromatic heterocycles. The molecule has 0 aliphatic carbocycles. The molecule has 46 heavy (non-hydrogen) atoms. The minimum Gasteiger partial charge on any atom is -0.496 e. The molecule has 0 unspecified atom stereocenters. The molecule has 4 aromatic rings. The van der Waals surface area contributed by atoms with E-state index in [0.717, 1.165) is 90.2 Å². The Labute approximate surface area is 272 Å². The van der Waals surface area contributed by atoms with E-state index in [1.54, 1.807) is 32.1 Å². The Morgan fingerprint density at radius 1 is 0.978 bits per heavy atom. The van der Waals surface area contributed by atoms with Crippen LogP contribution < -0.4 is 25.8 Å². The van der Waals surface area contributed by atoms with Gasteiger partial charge in [-0.3, -0.25) is 9.59 Å². The number of primary amides is 1. The molecule has 244 valence electrons. The average molecular weight is 626 g/mol. The fourth-order valence-corrected chi connectivity index (χ4v) is 6.15. The van der Waals surface area contributed by atoms with Gasteiger partial charge in [0, 0.05) is 67.8 Å². The van der Waals surface area contributed by atoms with Crippen molar-refractivity contribution < 1.29 is 19.1 Å². The number of piperidine rings is 1. The molecule has 0 bridgehead atoms. The standard InChI is InChI=1S/C27H34N4O3.C10H13NO/c1-4-30(19(2)32)24-7-8-26(34-3)21(17-24)9-13-29-14-11-23(12-15-29)31-16-10-20-5-6-22(27(28)33)18-25(20)31;1-3-4-8-7-9(11)5-6-10(8)12-2/h5-8,10,16-18,23H,4,9,11-15H2,1-3H3,(H2,28,33);3,5-7H,1,4,11H2,2H3. The maximum absolute atomic E-state index is 12.0. The lowest BCUT2D eigenvalue weighted by Gasteiger charge is -2.33. The van der Waals surface area contributed by atoms with E-state index in [-0.39, 0.29) is 5.91 Å². The van der Waals surface area contributed by atoms with Gasteiger partial charge < -0.3 is 35.3 Å². The van der Waals surface area contributed by atoms with Gasteiger partial charge in [0.05, 0.1) is 14.2 Å². The summed E-state index contributed by atoms with van der Waals surface area (Å²) >= 11 is 0. The lowest BCUT2D eigenvalue weighted by atomic mass is 10.0. The van der Waals surface area contributed by atoms with Crippen molar-refractivity contribution in [3.05, 3.63) is 96.2 Å². The van der Waals surface area contributed by atoms with Crippen molar-refractivity contribution >= 4 is 34.1 Å². The molecule has 0 spiro atoms. The van der Waals surface area contributed by atoms with Gasteiger partial charge in [-0.05, 0) is 104 Å². The van der Waals surface area contributed by atoms with Crippen LogP contribution in [0, 0.1) is 0 Å². The van der Waals surface area contributed by atoms with E-state index in [0.29, 0.717) is 18.2 Å². The zero-order valence-electron chi connectivity index (χ0n) is 27.5. The summed E-state index contributed by atoms with van der Waals surface area (Å²) in [4.78, 5) is 27.9. The number of amides is 2. The fourth-order valence-electron chi connectivity index (χ4n) is 6.15. The first-order chi connectivity index (χ1) is 22.2. The summed E-state index contributed by atoms with van der Waals surface area (Å²) in [7, 11) is 3.34. The molecule has 0 saturated carbocycles. The number of nitrogens with zero attached hydrogens (tertiary/aromatic N) is 3. The molecule has 0 atom stereocenters. The van der Waals surface area contributed by atoms with Crippen molar-refractivity contribution in [2.45, 2.75) is 45.6 Å². The molecular weight excluding hydrogens is 578 g/mol. The zero-order valence-corrected chi connectivity index (χ0v) is 27.5. The van der Waals surface area contributed by atoms with Crippen molar-refractivity contribution in [1.29, 1.82) is 0 Å². The van der Waals surface area contributed by atoms with Crippen LogP contribution in [0.25, 0.3) is 10.9 Å². The van der Waals surface area contributed by atoms with Gasteiger partial charge in [0.15, 0.2) is 0 Å². The highest BCUT2D eigenvalue weighted by Crippen LogP contribution is 2.30. The number of nitrogens with two attached hydrogens (primary N) is 2. The molecule has 1 fully saturated rings. The molecule has 1 aliphatic rings. The maximum Gasteiger partial charge on any atom is 0.248 e. The van der Waals surface area contributed by atoms with Crippen LogP contribution >= 0.6 is 0 Å². The first-order valence-corrected chi connectivity index (χ1v) is 15.8. The number of allylic oxidation sites excluding steroid dienone is 1. The van der Waals surface area contributed by atoms with Crippen LogP contribution in [0.5, 0.6) is 11.5 Å². The maximum atomic E-state index is 12.0. The first kappa shape index (κ1) is 34.1. The van der Waals surface area contributed by atoms with E-state index in [1.807, 2.05) is 55.5 Å². The van der Waals surface area contributed by atoms with Crippen LogP contribution in [-0.4, -0.2) is 61.7 Å². The lowest BCUT2D eigenvalue weighted by Crippen LogP contribution is -2.36. The molecular formula is C37H47N5O4. The number of ether oxygens (including phenoxy) is 2. The number of hydrogen-bond acceptors (Lipinski definition) is 6. The first-order valence-electron chi connectivity index (χ1n) is 15.8. The molecule has 1 saturated heterocycles. The Hall–Kier alpha value is -4.76. The Morgan fingerprint density at radius 2 is 1.67 bits per heavy atom. The second-order valence-corrected chi connectivity index (χ2v) is 11.5. The zero-order chi connectivity index (χ0) is 33.2. The quantitative estimate of drug-likeness (QED) is 0.156. The molecule has 2 heterocycles. The summed E-state index contributed by atoms with van der Waals surface area (Å²) in [6, 6.07) is 19.8. The number of rotatable bonds is 11.